The number of ether oxygens (including phenoxy) is 1. The molecule has 0 unspecified atom stereocenters. The average Bonchev–Trinajstić information content (AvgIpc) is 2.49. The van der Waals surface area contributed by atoms with Gasteiger partial charge in [0.1, 0.15) is 6.42 Å². The van der Waals surface area contributed by atoms with E-state index in [1.807, 2.05) is 5.32 Å². The minimum Gasteiger partial charge on any atom is -0.378 e. The number of amides is 2. The van der Waals surface area contributed by atoms with Gasteiger partial charge in [0.05, 0.1) is 18.9 Å². The Morgan fingerprint density at radius 2 is 1.81 bits per heavy atom. The molecule has 1 aromatic rings. The molecule has 5 nitrogen and oxygen atoms in total. The van der Waals surface area contributed by atoms with Crippen LogP contribution in [0.1, 0.15) is 6.42 Å². The van der Waals surface area contributed by atoms with Gasteiger partial charge in [-0.2, -0.15) is 0 Å². The monoisotopic (exact) mass is 302 g/mol. The Morgan fingerprint density at radius 3 is 2.48 bits per heavy atom. The molecular weight excluding hydrogens is 289 g/mol. The van der Waals surface area contributed by atoms with E-state index in [0.717, 1.165) is 6.07 Å². The Bertz CT molecular complexity index is 560. The lowest BCUT2D eigenvalue weighted by atomic mass is 10.2. The highest BCUT2D eigenvalue weighted by Crippen LogP contribution is 2.19. The number of benzene rings is 1. The van der Waals surface area contributed by atoms with Gasteiger partial charge in [0, 0.05) is 13.1 Å². The zero-order chi connectivity index (χ0) is 15.4. The predicted molar refractivity (Wildman–Crippen MR) is 67.0 cm³/mol. The summed E-state index contributed by atoms with van der Waals surface area (Å²) in [5.74, 6) is -5.75. The molecule has 0 spiro atoms. The van der Waals surface area contributed by atoms with Crippen molar-refractivity contribution >= 4 is 17.5 Å². The van der Waals surface area contributed by atoms with Crippen molar-refractivity contribution in [2.75, 3.05) is 31.6 Å². The van der Waals surface area contributed by atoms with Crippen molar-refractivity contribution in [3.63, 3.8) is 0 Å². The number of nitrogens with zero attached hydrogens (tertiary/aromatic N) is 1. The van der Waals surface area contributed by atoms with Crippen LogP contribution in [0, 0.1) is 17.5 Å². The van der Waals surface area contributed by atoms with Crippen molar-refractivity contribution in [3.8, 4) is 0 Å². The number of anilines is 1. The molecule has 0 bridgehead atoms. The highest BCUT2D eigenvalue weighted by atomic mass is 19.2. The maximum absolute atomic E-state index is 13.4. The lowest BCUT2D eigenvalue weighted by Crippen LogP contribution is -2.42. The second kappa shape index (κ2) is 6.57. The Labute approximate surface area is 118 Å². The topological polar surface area (TPSA) is 58.6 Å². The first kappa shape index (κ1) is 15.3. The minimum absolute atomic E-state index is 0.381. The fraction of sp³-hybridized carbons (Fsp3) is 0.385. The Kier molecular flexibility index (Phi) is 4.79. The van der Waals surface area contributed by atoms with E-state index in [1.54, 1.807) is 0 Å². The van der Waals surface area contributed by atoms with Crippen LogP contribution in [0.5, 0.6) is 0 Å². The van der Waals surface area contributed by atoms with Crippen molar-refractivity contribution in [1.29, 1.82) is 0 Å². The van der Waals surface area contributed by atoms with Crippen LogP contribution in [0.2, 0.25) is 0 Å². The molecule has 1 aliphatic rings. The number of carbonyl (C=O) groups excluding carboxylic acids is 2. The molecule has 1 fully saturated rings. The summed E-state index contributed by atoms with van der Waals surface area (Å²) < 4.78 is 44.2. The first-order valence-corrected chi connectivity index (χ1v) is 6.28. The molecule has 1 N–H and O–H groups in total. The van der Waals surface area contributed by atoms with Crippen LogP contribution in [0.3, 0.4) is 0 Å². The molecule has 21 heavy (non-hydrogen) atoms. The molecule has 1 saturated heterocycles. The summed E-state index contributed by atoms with van der Waals surface area (Å²) >= 11 is 0. The normalized spacial score (nSPS) is 14.9. The van der Waals surface area contributed by atoms with Crippen molar-refractivity contribution in [1.82, 2.24) is 4.90 Å². The number of hydrogen-bond donors (Lipinski definition) is 1. The van der Waals surface area contributed by atoms with Crippen LogP contribution in [-0.2, 0) is 14.3 Å². The van der Waals surface area contributed by atoms with Gasteiger partial charge in [-0.15, -0.1) is 0 Å². The molecule has 0 atom stereocenters. The highest BCUT2D eigenvalue weighted by Gasteiger charge is 2.21. The first-order chi connectivity index (χ1) is 9.99. The molecule has 1 aliphatic heterocycles. The third-order valence-electron chi connectivity index (χ3n) is 2.98. The van der Waals surface area contributed by atoms with Crippen molar-refractivity contribution in [2.24, 2.45) is 0 Å². The Morgan fingerprint density at radius 1 is 1.14 bits per heavy atom. The quantitative estimate of drug-likeness (QED) is 0.676. The van der Waals surface area contributed by atoms with Gasteiger partial charge < -0.3 is 15.0 Å². The summed E-state index contributed by atoms with van der Waals surface area (Å²) in [6.07, 6.45) is -0.502. The summed E-state index contributed by atoms with van der Waals surface area (Å²) in [6, 6.07) is 1.59. The molecule has 114 valence electrons. The number of carbonyl (C=O) groups is 2. The van der Waals surface area contributed by atoms with E-state index < -0.39 is 41.4 Å². The maximum Gasteiger partial charge on any atom is 0.233 e. The van der Waals surface area contributed by atoms with Gasteiger partial charge in [-0.25, -0.2) is 13.2 Å². The second-order valence-corrected chi connectivity index (χ2v) is 4.44. The molecule has 2 amide bonds. The second-order valence-electron chi connectivity index (χ2n) is 4.44. The lowest BCUT2D eigenvalue weighted by Gasteiger charge is -2.26. The number of morpholine rings is 1. The number of rotatable bonds is 3. The van der Waals surface area contributed by atoms with Crippen LogP contribution >= 0.6 is 0 Å². The fourth-order valence-corrected chi connectivity index (χ4v) is 1.88. The van der Waals surface area contributed by atoms with E-state index in [4.69, 9.17) is 4.74 Å². The molecule has 8 heteroatoms. The molecule has 0 saturated carbocycles. The van der Waals surface area contributed by atoms with Crippen LogP contribution in [0.25, 0.3) is 0 Å². The molecule has 2 rings (SSSR count). The van der Waals surface area contributed by atoms with E-state index in [0.29, 0.717) is 32.4 Å². The van der Waals surface area contributed by atoms with E-state index in [1.165, 1.54) is 4.90 Å². The molecule has 0 aromatic heterocycles. The van der Waals surface area contributed by atoms with Crippen molar-refractivity contribution < 1.29 is 27.5 Å². The van der Waals surface area contributed by atoms with E-state index in [9.17, 15) is 22.8 Å². The molecule has 0 radical (unpaired) electrons. The predicted octanol–water partition coefficient (Wildman–Crippen LogP) is 1.29. The van der Waals surface area contributed by atoms with Gasteiger partial charge in [-0.1, -0.05) is 0 Å². The van der Waals surface area contributed by atoms with Crippen molar-refractivity contribution in [3.05, 3.63) is 29.6 Å². The van der Waals surface area contributed by atoms with Crippen LogP contribution < -0.4 is 5.32 Å². The zero-order valence-electron chi connectivity index (χ0n) is 11.0. The van der Waals surface area contributed by atoms with Gasteiger partial charge in [-0.3, -0.25) is 9.59 Å². The molecule has 1 aromatic carbocycles. The molecule has 1 heterocycles. The average molecular weight is 302 g/mol. The summed E-state index contributed by atoms with van der Waals surface area (Å²) in [7, 11) is 0. The van der Waals surface area contributed by atoms with Gasteiger partial charge in [0.15, 0.2) is 17.5 Å². The summed E-state index contributed by atoms with van der Waals surface area (Å²) in [4.78, 5) is 24.9. The largest absolute Gasteiger partial charge is 0.378 e. The zero-order valence-corrected chi connectivity index (χ0v) is 11.0. The number of nitrogens with one attached hydrogen (secondary N) is 1. The van der Waals surface area contributed by atoms with Gasteiger partial charge in [-0.05, 0) is 12.1 Å². The van der Waals surface area contributed by atoms with Gasteiger partial charge in [0.25, 0.3) is 0 Å². The molecule has 0 aliphatic carbocycles. The Balaban J connectivity index is 1.95. The third-order valence-corrected chi connectivity index (χ3v) is 2.98. The van der Waals surface area contributed by atoms with Gasteiger partial charge in [0.2, 0.25) is 11.8 Å². The standard InChI is InChI=1S/C13H13F3N2O3/c14-8-1-2-9(13(16)12(8)15)17-10(19)7-11(20)18-3-5-21-6-4-18/h1-2H,3-7H2,(H,17,19). The number of hydrogen-bond acceptors (Lipinski definition) is 3. The van der Waals surface area contributed by atoms with Gasteiger partial charge >= 0.3 is 0 Å². The van der Waals surface area contributed by atoms with Crippen molar-refractivity contribution in [2.45, 2.75) is 6.42 Å². The Hall–Kier alpha value is -2.09. The summed E-state index contributed by atoms with van der Waals surface area (Å²) in [5.41, 5.74) is -0.506. The summed E-state index contributed by atoms with van der Waals surface area (Å²) in [6.45, 7) is 1.55. The first-order valence-electron chi connectivity index (χ1n) is 6.28. The van der Waals surface area contributed by atoms with Crippen LogP contribution in [0.15, 0.2) is 12.1 Å². The molecular formula is C13H13F3N2O3. The minimum atomic E-state index is -1.67. The summed E-state index contributed by atoms with van der Waals surface area (Å²) in [5, 5.41) is 2.05. The van der Waals surface area contributed by atoms with E-state index in [-0.39, 0.29) is 0 Å². The van der Waals surface area contributed by atoms with Crippen LogP contribution in [-0.4, -0.2) is 43.0 Å². The third kappa shape index (κ3) is 3.72. The SMILES string of the molecule is O=C(CC(=O)N1CCOCC1)Nc1ccc(F)c(F)c1F. The van der Waals surface area contributed by atoms with E-state index in [2.05, 4.69) is 0 Å². The lowest BCUT2D eigenvalue weighted by molar-refractivity contribution is -0.138. The van der Waals surface area contributed by atoms with E-state index >= 15 is 0 Å². The smallest absolute Gasteiger partial charge is 0.233 e. The fourth-order valence-electron chi connectivity index (χ4n) is 1.88. The van der Waals surface area contributed by atoms with Crippen LogP contribution in [0.4, 0.5) is 18.9 Å². The number of halogens is 3. The maximum atomic E-state index is 13.4. The highest BCUT2D eigenvalue weighted by molar-refractivity contribution is 6.03.